The molecule has 13 heavy (non-hydrogen) atoms. The molecule has 4 rings (SSSR count). The van der Waals surface area contributed by atoms with Crippen LogP contribution in [0, 0.1) is 11.8 Å². The van der Waals surface area contributed by atoms with Crippen LogP contribution in [0.15, 0.2) is 0 Å². The highest BCUT2D eigenvalue weighted by Gasteiger charge is 2.54. The number of nitrogens with zero attached hydrogens (tertiary/aromatic N) is 2. The van der Waals surface area contributed by atoms with Gasteiger partial charge >= 0.3 is 6.03 Å². The number of piperidine rings is 2. The van der Waals surface area contributed by atoms with Crippen molar-refractivity contribution in [3.8, 4) is 0 Å². The van der Waals surface area contributed by atoms with E-state index >= 15 is 0 Å². The second-order valence-electron chi connectivity index (χ2n) is 5.25. The summed E-state index contributed by atoms with van der Waals surface area (Å²) >= 11 is 0. The van der Waals surface area contributed by atoms with Gasteiger partial charge in [0.1, 0.15) is 0 Å². The second kappa shape index (κ2) is 2.02. The predicted octanol–water partition coefficient (Wildman–Crippen LogP) is 1.15. The van der Waals surface area contributed by atoms with Gasteiger partial charge in [-0.3, -0.25) is 0 Å². The molecule has 4 saturated heterocycles. The van der Waals surface area contributed by atoms with Crippen LogP contribution in [-0.4, -0.2) is 41.0 Å². The van der Waals surface area contributed by atoms with Crippen molar-refractivity contribution in [2.45, 2.75) is 25.8 Å². The molecular weight excluding hydrogens is 164 g/mol. The number of carbonyl (C=O) groups is 1. The van der Waals surface area contributed by atoms with E-state index in [1.807, 2.05) is 4.90 Å². The van der Waals surface area contributed by atoms with E-state index in [2.05, 4.69) is 18.7 Å². The van der Waals surface area contributed by atoms with E-state index in [1.54, 1.807) is 0 Å². The van der Waals surface area contributed by atoms with Gasteiger partial charge in [0, 0.05) is 25.2 Å². The molecular formula is C10H16N2O. The number of hydrogen-bond acceptors (Lipinski definition) is 1. The van der Waals surface area contributed by atoms with Crippen LogP contribution >= 0.6 is 0 Å². The summed E-state index contributed by atoms with van der Waals surface area (Å²) in [7, 11) is 0. The van der Waals surface area contributed by atoms with Crippen molar-refractivity contribution < 1.29 is 4.79 Å². The van der Waals surface area contributed by atoms with Gasteiger partial charge in [-0.1, -0.05) is 0 Å². The fourth-order valence-electron chi connectivity index (χ4n) is 3.21. The minimum absolute atomic E-state index is 0.116. The van der Waals surface area contributed by atoms with Gasteiger partial charge < -0.3 is 9.80 Å². The van der Waals surface area contributed by atoms with Crippen LogP contribution in [0.1, 0.15) is 20.3 Å². The molecule has 0 aromatic heterocycles. The molecule has 0 aliphatic carbocycles. The molecule has 4 heterocycles. The smallest absolute Gasteiger partial charge is 0.320 e. The summed E-state index contributed by atoms with van der Waals surface area (Å²) in [4.78, 5) is 16.0. The van der Waals surface area contributed by atoms with E-state index in [9.17, 15) is 4.79 Å². The van der Waals surface area contributed by atoms with Crippen molar-refractivity contribution in [3.05, 3.63) is 0 Å². The molecule has 4 aliphatic heterocycles. The molecule has 2 unspecified atom stereocenters. The van der Waals surface area contributed by atoms with Crippen molar-refractivity contribution in [1.29, 1.82) is 0 Å². The molecule has 3 heteroatoms. The highest BCUT2D eigenvalue weighted by molar-refractivity contribution is 5.77. The van der Waals surface area contributed by atoms with Crippen LogP contribution in [-0.2, 0) is 0 Å². The van der Waals surface area contributed by atoms with Crippen LogP contribution in [0.5, 0.6) is 0 Å². The van der Waals surface area contributed by atoms with Gasteiger partial charge in [0.25, 0.3) is 0 Å². The van der Waals surface area contributed by atoms with Crippen LogP contribution in [0.25, 0.3) is 0 Å². The third kappa shape index (κ3) is 0.779. The fraction of sp³-hybridized carbons (Fsp3) is 0.900. The van der Waals surface area contributed by atoms with Crippen molar-refractivity contribution in [3.63, 3.8) is 0 Å². The molecule has 4 fully saturated rings. The molecule has 72 valence electrons. The molecule has 4 aliphatic rings. The summed E-state index contributed by atoms with van der Waals surface area (Å²) in [6, 6.07) is 0.275. The Bertz CT molecular complexity index is 274. The summed E-state index contributed by atoms with van der Waals surface area (Å²) in [5.41, 5.74) is 0.116. The monoisotopic (exact) mass is 180 g/mol. The van der Waals surface area contributed by atoms with Crippen LogP contribution in [0.2, 0.25) is 0 Å². The van der Waals surface area contributed by atoms with Crippen molar-refractivity contribution >= 4 is 6.03 Å². The molecule has 3 nitrogen and oxygen atoms in total. The Morgan fingerprint density at radius 3 is 2.85 bits per heavy atom. The SMILES string of the molecule is CC1(C)C2CC3CN(C2)C(=O)N1C3. The number of urea groups is 1. The van der Waals surface area contributed by atoms with E-state index in [4.69, 9.17) is 0 Å². The molecule has 4 bridgehead atoms. The lowest BCUT2D eigenvalue weighted by molar-refractivity contribution is -0.0785. The Kier molecular flexibility index (Phi) is 1.19. The summed E-state index contributed by atoms with van der Waals surface area (Å²) in [6.07, 6.45) is 1.33. The lowest BCUT2D eigenvalue weighted by Gasteiger charge is -2.61. The Labute approximate surface area is 78.7 Å². The maximum Gasteiger partial charge on any atom is 0.320 e. The largest absolute Gasteiger partial charge is 0.324 e. The van der Waals surface area contributed by atoms with Gasteiger partial charge in [0.2, 0.25) is 0 Å². The van der Waals surface area contributed by atoms with Crippen LogP contribution in [0.3, 0.4) is 0 Å². The standard InChI is InChI=1S/C10H16N2O/c1-10(2)8-3-7-4-11(6-8)9(13)12(10)5-7/h7-8H,3-6H2,1-2H3. The number of hydrogen-bond donors (Lipinski definition) is 0. The Hall–Kier alpha value is -0.730. The van der Waals surface area contributed by atoms with E-state index in [1.165, 1.54) is 6.42 Å². The van der Waals surface area contributed by atoms with Gasteiger partial charge in [0.05, 0.1) is 0 Å². The first-order chi connectivity index (χ1) is 6.09. The molecule has 0 N–H and O–H groups in total. The second-order valence-corrected chi connectivity index (χ2v) is 5.25. The van der Waals surface area contributed by atoms with Crippen LogP contribution in [0.4, 0.5) is 4.79 Å². The Balaban J connectivity index is 2.03. The maximum absolute atomic E-state index is 11.8. The average molecular weight is 180 g/mol. The number of carbonyl (C=O) groups excluding carboxylic acids is 1. The Morgan fingerprint density at radius 2 is 2.08 bits per heavy atom. The topological polar surface area (TPSA) is 23.6 Å². The van der Waals surface area contributed by atoms with Crippen molar-refractivity contribution in [2.75, 3.05) is 19.6 Å². The van der Waals surface area contributed by atoms with E-state index < -0.39 is 0 Å². The number of rotatable bonds is 0. The summed E-state index contributed by atoms with van der Waals surface area (Å²) in [5.74, 6) is 1.46. The van der Waals surface area contributed by atoms with Gasteiger partial charge in [-0.15, -0.1) is 0 Å². The van der Waals surface area contributed by atoms with Gasteiger partial charge in [-0.2, -0.15) is 0 Å². The minimum Gasteiger partial charge on any atom is -0.324 e. The molecule has 0 radical (unpaired) electrons. The van der Waals surface area contributed by atoms with E-state index in [0.717, 1.165) is 25.6 Å². The van der Waals surface area contributed by atoms with E-state index in [0.29, 0.717) is 5.92 Å². The quantitative estimate of drug-likeness (QED) is 0.548. The zero-order valence-electron chi connectivity index (χ0n) is 8.29. The first-order valence-electron chi connectivity index (χ1n) is 5.15. The molecule has 0 saturated carbocycles. The molecule has 2 amide bonds. The van der Waals surface area contributed by atoms with Gasteiger partial charge in [-0.25, -0.2) is 4.79 Å². The van der Waals surface area contributed by atoms with Gasteiger partial charge in [0.15, 0.2) is 0 Å². The summed E-state index contributed by atoms with van der Waals surface area (Å²) < 4.78 is 0. The van der Waals surface area contributed by atoms with Crippen LogP contribution < -0.4 is 0 Å². The molecule has 0 spiro atoms. The fourth-order valence-corrected chi connectivity index (χ4v) is 3.21. The molecule has 0 aromatic rings. The maximum atomic E-state index is 11.8. The lowest BCUT2D eigenvalue weighted by Crippen LogP contribution is -2.73. The zero-order valence-corrected chi connectivity index (χ0v) is 8.29. The lowest BCUT2D eigenvalue weighted by atomic mass is 9.70. The van der Waals surface area contributed by atoms with Crippen molar-refractivity contribution in [2.24, 2.45) is 11.8 Å². The normalized spacial score (nSPS) is 40.3. The minimum atomic E-state index is 0.116. The highest BCUT2D eigenvalue weighted by Crippen LogP contribution is 2.44. The highest BCUT2D eigenvalue weighted by atomic mass is 16.2. The third-order valence-corrected chi connectivity index (χ3v) is 4.17. The number of amides is 2. The Morgan fingerprint density at radius 1 is 1.31 bits per heavy atom. The van der Waals surface area contributed by atoms with Crippen molar-refractivity contribution in [1.82, 2.24) is 9.80 Å². The first kappa shape index (κ1) is 7.65. The predicted molar refractivity (Wildman–Crippen MR) is 49.4 cm³/mol. The molecule has 0 aromatic carbocycles. The van der Waals surface area contributed by atoms with E-state index in [-0.39, 0.29) is 11.6 Å². The first-order valence-corrected chi connectivity index (χ1v) is 5.15. The third-order valence-electron chi connectivity index (χ3n) is 4.17. The molecule has 2 atom stereocenters. The average Bonchev–Trinajstić information content (AvgIpc) is 2.08. The zero-order chi connectivity index (χ0) is 9.22. The summed E-state index contributed by atoms with van der Waals surface area (Å²) in [6.45, 7) is 7.45. The van der Waals surface area contributed by atoms with Gasteiger partial charge in [-0.05, 0) is 32.1 Å². The summed E-state index contributed by atoms with van der Waals surface area (Å²) in [5, 5.41) is 0.